The molecule has 1 aliphatic rings. The van der Waals surface area contributed by atoms with E-state index >= 15 is 0 Å². The highest BCUT2D eigenvalue weighted by Crippen LogP contribution is 2.27. The fraction of sp³-hybridized carbons (Fsp3) is 0.471. The predicted molar refractivity (Wildman–Crippen MR) is 86.4 cm³/mol. The van der Waals surface area contributed by atoms with Crippen LogP contribution in [0.3, 0.4) is 0 Å². The highest BCUT2D eigenvalue weighted by molar-refractivity contribution is 7.09. The molecule has 3 nitrogen and oxygen atoms in total. The van der Waals surface area contributed by atoms with Crippen LogP contribution in [0.15, 0.2) is 29.6 Å². The van der Waals surface area contributed by atoms with E-state index in [1.807, 2.05) is 24.4 Å². The van der Waals surface area contributed by atoms with Crippen LogP contribution in [0.1, 0.15) is 35.7 Å². The monoisotopic (exact) mass is 320 g/mol. The van der Waals surface area contributed by atoms with E-state index in [9.17, 15) is 4.39 Å². The number of aromatic nitrogens is 1. The summed E-state index contributed by atoms with van der Waals surface area (Å²) < 4.78 is 19.9. The van der Waals surface area contributed by atoms with Crippen LogP contribution < -0.4 is 0 Å². The summed E-state index contributed by atoms with van der Waals surface area (Å²) in [6, 6.07) is 7.10. The molecule has 0 bridgehead atoms. The molecule has 0 amide bonds. The first kappa shape index (κ1) is 15.6. The fourth-order valence-corrected chi connectivity index (χ4v) is 3.53. The Morgan fingerprint density at radius 2 is 2.27 bits per heavy atom. The van der Waals surface area contributed by atoms with Gasteiger partial charge in [0.25, 0.3) is 0 Å². The second-order valence-corrected chi connectivity index (χ2v) is 6.83. The number of aryl methyl sites for hydroxylation is 1. The molecule has 1 aromatic heterocycles. The number of nitrogens with zero attached hydrogens (tertiary/aromatic N) is 2. The van der Waals surface area contributed by atoms with Gasteiger partial charge in [-0.1, -0.05) is 18.2 Å². The van der Waals surface area contributed by atoms with E-state index in [2.05, 4.69) is 16.8 Å². The number of ether oxygens (including phenoxy) is 1. The third kappa shape index (κ3) is 3.54. The van der Waals surface area contributed by atoms with Gasteiger partial charge in [-0.2, -0.15) is 0 Å². The molecule has 118 valence electrons. The third-order valence-corrected chi connectivity index (χ3v) is 5.04. The van der Waals surface area contributed by atoms with Gasteiger partial charge in [-0.3, -0.25) is 4.90 Å². The van der Waals surface area contributed by atoms with Crippen molar-refractivity contribution >= 4 is 11.3 Å². The summed E-state index contributed by atoms with van der Waals surface area (Å²) in [4.78, 5) is 6.70. The average Bonchev–Trinajstić information content (AvgIpc) is 3.14. The number of benzene rings is 1. The first-order valence-electron chi connectivity index (χ1n) is 7.64. The Hall–Kier alpha value is -1.30. The molecule has 0 saturated carbocycles. The lowest BCUT2D eigenvalue weighted by Crippen LogP contribution is -2.27. The van der Waals surface area contributed by atoms with Crippen LogP contribution in [0.2, 0.25) is 0 Å². The van der Waals surface area contributed by atoms with Gasteiger partial charge < -0.3 is 4.74 Å². The number of likely N-dealkylation sites (tertiary alicyclic amines) is 1. The smallest absolute Gasteiger partial charge is 0.127 e. The molecule has 1 aromatic carbocycles. The first-order chi connectivity index (χ1) is 10.6. The van der Waals surface area contributed by atoms with Crippen LogP contribution in [0.5, 0.6) is 0 Å². The van der Waals surface area contributed by atoms with Crippen LogP contribution in [-0.4, -0.2) is 29.1 Å². The van der Waals surface area contributed by atoms with E-state index in [4.69, 9.17) is 4.74 Å². The Bertz CT molecular complexity index is 631. The van der Waals surface area contributed by atoms with Gasteiger partial charge in [0.1, 0.15) is 5.82 Å². The molecular formula is C17H21FN2OS. The molecule has 0 radical (unpaired) electrons. The highest BCUT2D eigenvalue weighted by atomic mass is 32.1. The van der Waals surface area contributed by atoms with E-state index in [-0.39, 0.29) is 18.0 Å². The normalized spacial score (nSPS) is 20.4. The zero-order valence-electron chi connectivity index (χ0n) is 13.0. The predicted octanol–water partition coefficient (Wildman–Crippen LogP) is 3.94. The minimum Gasteiger partial charge on any atom is -0.371 e. The number of hydrogen-bond donors (Lipinski definition) is 0. The van der Waals surface area contributed by atoms with Crippen molar-refractivity contribution in [1.82, 2.24) is 9.88 Å². The van der Waals surface area contributed by atoms with Gasteiger partial charge in [0.2, 0.25) is 0 Å². The van der Waals surface area contributed by atoms with Gasteiger partial charge in [0, 0.05) is 30.1 Å². The van der Waals surface area contributed by atoms with Crippen molar-refractivity contribution in [2.45, 2.75) is 39.0 Å². The van der Waals surface area contributed by atoms with E-state index in [1.54, 1.807) is 17.4 Å². The Labute approximate surface area is 134 Å². The largest absolute Gasteiger partial charge is 0.371 e. The van der Waals surface area contributed by atoms with Crippen molar-refractivity contribution in [2.75, 3.05) is 13.1 Å². The Morgan fingerprint density at radius 1 is 1.45 bits per heavy atom. The topological polar surface area (TPSA) is 25.4 Å². The van der Waals surface area contributed by atoms with Crippen LogP contribution in [0.25, 0.3) is 0 Å². The van der Waals surface area contributed by atoms with E-state index in [0.29, 0.717) is 6.61 Å². The summed E-state index contributed by atoms with van der Waals surface area (Å²) >= 11 is 1.65. The lowest BCUT2D eigenvalue weighted by atomic mass is 10.1. The minimum atomic E-state index is -0.127. The van der Waals surface area contributed by atoms with Crippen LogP contribution in [0, 0.1) is 12.7 Å². The molecule has 0 aliphatic carbocycles. The summed E-state index contributed by atoms with van der Waals surface area (Å²) in [6.07, 6.45) is 1.19. The van der Waals surface area contributed by atoms with Crippen molar-refractivity contribution in [3.8, 4) is 0 Å². The highest BCUT2D eigenvalue weighted by Gasteiger charge is 2.28. The summed E-state index contributed by atoms with van der Waals surface area (Å²) in [6.45, 7) is 6.41. The summed E-state index contributed by atoms with van der Waals surface area (Å²) in [5.74, 6) is -0.127. The van der Waals surface area contributed by atoms with E-state index in [1.165, 1.54) is 6.07 Å². The average molecular weight is 320 g/mol. The molecule has 1 saturated heterocycles. The van der Waals surface area contributed by atoms with E-state index in [0.717, 1.165) is 35.8 Å². The summed E-state index contributed by atoms with van der Waals surface area (Å²) in [5, 5.41) is 3.11. The quantitative estimate of drug-likeness (QED) is 0.834. The molecule has 2 heterocycles. The van der Waals surface area contributed by atoms with Crippen LogP contribution in [0.4, 0.5) is 4.39 Å². The zero-order valence-corrected chi connectivity index (χ0v) is 13.8. The standard InChI is InChI=1S/C17H21FN2OS/c1-12(16-5-3-4-6-17(16)18)20-8-7-15(9-20)21-10-14-11-22-13(2)19-14/h3-6,11-12,15H,7-10H2,1-2H3. The lowest BCUT2D eigenvalue weighted by molar-refractivity contribution is 0.0420. The van der Waals surface area contributed by atoms with Gasteiger partial charge in [-0.25, -0.2) is 9.37 Å². The second kappa shape index (κ2) is 6.86. The van der Waals surface area contributed by atoms with Crippen LogP contribution >= 0.6 is 11.3 Å². The number of halogens is 1. The fourth-order valence-electron chi connectivity index (χ4n) is 2.93. The number of thiazole rings is 1. The molecule has 2 atom stereocenters. The molecule has 3 rings (SSSR count). The van der Waals surface area contributed by atoms with Gasteiger partial charge in [-0.05, 0) is 26.3 Å². The first-order valence-corrected chi connectivity index (χ1v) is 8.52. The van der Waals surface area contributed by atoms with E-state index < -0.39 is 0 Å². The number of hydrogen-bond acceptors (Lipinski definition) is 4. The van der Waals surface area contributed by atoms with Crippen molar-refractivity contribution in [3.63, 3.8) is 0 Å². The molecule has 2 aromatic rings. The van der Waals surface area contributed by atoms with Gasteiger partial charge in [0.05, 0.1) is 23.4 Å². The minimum absolute atomic E-state index is 0.0799. The van der Waals surface area contributed by atoms with Crippen molar-refractivity contribution in [3.05, 3.63) is 51.7 Å². The Balaban J connectivity index is 1.54. The Kier molecular flexibility index (Phi) is 4.86. The van der Waals surface area contributed by atoms with Crippen molar-refractivity contribution in [1.29, 1.82) is 0 Å². The van der Waals surface area contributed by atoms with Crippen molar-refractivity contribution < 1.29 is 9.13 Å². The maximum absolute atomic E-state index is 13.9. The van der Waals surface area contributed by atoms with Crippen LogP contribution in [-0.2, 0) is 11.3 Å². The lowest BCUT2D eigenvalue weighted by Gasteiger charge is -2.25. The summed E-state index contributed by atoms with van der Waals surface area (Å²) in [5.41, 5.74) is 1.77. The third-order valence-electron chi connectivity index (χ3n) is 4.21. The molecule has 0 N–H and O–H groups in total. The van der Waals surface area contributed by atoms with Crippen molar-refractivity contribution in [2.24, 2.45) is 0 Å². The van der Waals surface area contributed by atoms with Gasteiger partial charge in [-0.15, -0.1) is 11.3 Å². The second-order valence-electron chi connectivity index (χ2n) is 5.77. The molecule has 22 heavy (non-hydrogen) atoms. The molecular weight excluding hydrogens is 299 g/mol. The number of rotatable bonds is 5. The Morgan fingerprint density at radius 3 is 3.00 bits per heavy atom. The maximum Gasteiger partial charge on any atom is 0.127 e. The van der Waals surface area contributed by atoms with Gasteiger partial charge >= 0.3 is 0 Å². The summed E-state index contributed by atoms with van der Waals surface area (Å²) in [7, 11) is 0. The molecule has 5 heteroatoms. The SMILES string of the molecule is Cc1nc(COC2CCN(C(C)c3ccccc3F)C2)cs1. The molecule has 1 fully saturated rings. The molecule has 1 aliphatic heterocycles. The zero-order chi connectivity index (χ0) is 15.5. The molecule has 2 unspecified atom stereocenters. The maximum atomic E-state index is 13.9. The van der Waals surface area contributed by atoms with Gasteiger partial charge in [0.15, 0.2) is 0 Å². The molecule has 0 spiro atoms.